The quantitative estimate of drug-likeness (QED) is 0.795. The fraction of sp³-hybridized carbons (Fsp3) is 0.333. The number of hydrogen-bond acceptors (Lipinski definition) is 4. The molecule has 2 N–H and O–H groups in total. The Bertz CT molecular complexity index is 415. The maximum atomic E-state index is 11.6. The molecule has 0 aromatic heterocycles. The van der Waals surface area contributed by atoms with E-state index >= 15 is 0 Å². The lowest BCUT2D eigenvalue weighted by Crippen LogP contribution is -2.36. The van der Waals surface area contributed by atoms with Gasteiger partial charge in [-0.25, -0.2) is 9.80 Å². The van der Waals surface area contributed by atoms with Gasteiger partial charge in [0.25, 0.3) is 5.91 Å². The zero-order valence-electron chi connectivity index (χ0n) is 10.7. The van der Waals surface area contributed by atoms with Gasteiger partial charge in [0.2, 0.25) is 0 Å². The third kappa shape index (κ3) is 4.42. The minimum Gasteiger partial charge on any atom is -0.450 e. The highest BCUT2D eigenvalue weighted by Crippen LogP contribution is 2.09. The molecule has 1 aromatic carbocycles. The Morgan fingerprint density at radius 2 is 1.83 bits per heavy atom. The fourth-order valence-corrected chi connectivity index (χ4v) is 1.26. The highest BCUT2D eigenvalue weighted by molar-refractivity contribution is 5.94. The van der Waals surface area contributed by atoms with E-state index in [4.69, 9.17) is 4.74 Å². The average molecular weight is 251 g/mol. The van der Waals surface area contributed by atoms with Crippen molar-refractivity contribution in [2.24, 2.45) is 0 Å². The van der Waals surface area contributed by atoms with Crippen molar-refractivity contribution in [2.75, 3.05) is 26.0 Å². The second-order valence-electron chi connectivity index (χ2n) is 3.76. The summed E-state index contributed by atoms with van der Waals surface area (Å²) in [5.41, 5.74) is 3.71. The number of ether oxygens (including phenoxy) is 1. The van der Waals surface area contributed by atoms with Crippen LogP contribution in [0.1, 0.15) is 17.3 Å². The Morgan fingerprint density at radius 3 is 2.33 bits per heavy atom. The molecule has 0 radical (unpaired) electrons. The molecule has 98 valence electrons. The summed E-state index contributed by atoms with van der Waals surface area (Å²) in [5.74, 6) is -0.206. The highest BCUT2D eigenvalue weighted by Gasteiger charge is 2.07. The molecule has 6 heteroatoms. The largest absolute Gasteiger partial charge is 0.450 e. The van der Waals surface area contributed by atoms with Gasteiger partial charge in [0.15, 0.2) is 0 Å². The first-order valence-corrected chi connectivity index (χ1v) is 5.55. The molecule has 0 atom stereocenters. The van der Waals surface area contributed by atoms with Crippen molar-refractivity contribution in [3.63, 3.8) is 0 Å². The Hall–Kier alpha value is -2.08. The van der Waals surface area contributed by atoms with Crippen molar-refractivity contribution in [1.82, 2.24) is 10.4 Å². The van der Waals surface area contributed by atoms with Crippen LogP contribution in [-0.2, 0) is 4.74 Å². The molecule has 0 heterocycles. The number of carbonyl (C=O) groups excluding carboxylic acids is 2. The molecule has 2 amide bonds. The lowest BCUT2D eigenvalue weighted by atomic mass is 10.2. The summed E-state index contributed by atoms with van der Waals surface area (Å²) >= 11 is 0. The van der Waals surface area contributed by atoms with Gasteiger partial charge in [-0.2, -0.15) is 0 Å². The van der Waals surface area contributed by atoms with Crippen LogP contribution in [0, 0.1) is 0 Å². The van der Waals surface area contributed by atoms with Gasteiger partial charge in [-0.05, 0) is 31.2 Å². The van der Waals surface area contributed by atoms with Crippen molar-refractivity contribution in [3.8, 4) is 0 Å². The minimum atomic E-state index is -0.511. The molecule has 0 bridgehead atoms. The normalized spacial score (nSPS) is 10.0. The summed E-state index contributed by atoms with van der Waals surface area (Å²) in [6.07, 6.45) is -0.511. The molecular weight excluding hydrogens is 234 g/mol. The highest BCUT2D eigenvalue weighted by atomic mass is 16.5. The van der Waals surface area contributed by atoms with Crippen LogP contribution in [0.3, 0.4) is 0 Å². The lowest BCUT2D eigenvalue weighted by Gasteiger charge is -2.12. The Morgan fingerprint density at radius 1 is 1.22 bits per heavy atom. The van der Waals surface area contributed by atoms with Gasteiger partial charge in [-0.15, -0.1) is 0 Å². The number of benzene rings is 1. The molecule has 0 aliphatic heterocycles. The number of carbonyl (C=O) groups is 2. The smallest absolute Gasteiger partial charge is 0.411 e. The van der Waals surface area contributed by atoms with Crippen molar-refractivity contribution < 1.29 is 14.3 Å². The Balaban J connectivity index is 2.62. The van der Waals surface area contributed by atoms with Gasteiger partial charge in [0, 0.05) is 25.3 Å². The monoisotopic (exact) mass is 251 g/mol. The molecule has 0 aliphatic rings. The molecule has 18 heavy (non-hydrogen) atoms. The van der Waals surface area contributed by atoms with Gasteiger partial charge in [-0.1, -0.05) is 0 Å². The number of hydrogen-bond donors (Lipinski definition) is 2. The van der Waals surface area contributed by atoms with Crippen molar-refractivity contribution in [3.05, 3.63) is 29.8 Å². The van der Waals surface area contributed by atoms with Crippen molar-refractivity contribution in [1.29, 1.82) is 0 Å². The maximum Gasteiger partial charge on any atom is 0.411 e. The summed E-state index contributed by atoms with van der Waals surface area (Å²) in [7, 11) is 3.46. The maximum absolute atomic E-state index is 11.6. The SMILES string of the molecule is CCOC(=O)Nc1ccc(C(=O)NN(C)C)cc1. The number of nitrogens with zero attached hydrogens (tertiary/aromatic N) is 1. The van der Waals surface area contributed by atoms with E-state index in [9.17, 15) is 9.59 Å². The van der Waals surface area contributed by atoms with Crippen LogP contribution in [0.25, 0.3) is 0 Å². The number of hydrazine groups is 1. The third-order valence-electron chi connectivity index (χ3n) is 1.99. The predicted molar refractivity (Wildman–Crippen MR) is 68.2 cm³/mol. The zero-order chi connectivity index (χ0) is 13.5. The van der Waals surface area contributed by atoms with Crippen molar-refractivity contribution >= 4 is 17.7 Å². The Labute approximate surface area is 106 Å². The second-order valence-corrected chi connectivity index (χ2v) is 3.76. The molecular formula is C12H17N3O3. The topological polar surface area (TPSA) is 70.7 Å². The second kappa shape index (κ2) is 6.61. The van der Waals surface area contributed by atoms with Crippen LogP contribution in [0.2, 0.25) is 0 Å². The lowest BCUT2D eigenvalue weighted by molar-refractivity contribution is 0.0857. The van der Waals surface area contributed by atoms with Gasteiger partial charge >= 0.3 is 6.09 Å². The fourth-order valence-electron chi connectivity index (χ4n) is 1.26. The summed E-state index contributed by atoms with van der Waals surface area (Å²) < 4.78 is 4.74. The molecule has 0 saturated heterocycles. The first-order valence-electron chi connectivity index (χ1n) is 5.55. The van der Waals surface area contributed by atoms with E-state index in [1.54, 1.807) is 50.3 Å². The standard InChI is InChI=1S/C12H17N3O3/c1-4-18-12(17)13-10-7-5-9(6-8-10)11(16)14-15(2)3/h5-8H,4H2,1-3H3,(H,13,17)(H,14,16). The van der Waals surface area contributed by atoms with Crippen molar-refractivity contribution in [2.45, 2.75) is 6.92 Å². The summed E-state index contributed by atoms with van der Waals surface area (Å²) in [4.78, 5) is 22.8. The molecule has 0 unspecified atom stereocenters. The molecule has 1 rings (SSSR count). The van der Waals surface area contributed by atoms with Gasteiger partial charge in [-0.3, -0.25) is 15.5 Å². The van der Waals surface area contributed by atoms with Crippen LogP contribution < -0.4 is 10.7 Å². The zero-order valence-corrected chi connectivity index (χ0v) is 10.7. The molecule has 0 fully saturated rings. The molecule has 0 aliphatic carbocycles. The van der Waals surface area contributed by atoms with E-state index in [2.05, 4.69) is 10.7 Å². The number of anilines is 1. The van der Waals surface area contributed by atoms with E-state index in [1.165, 1.54) is 0 Å². The minimum absolute atomic E-state index is 0.206. The molecule has 0 saturated carbocycles. The van der Waals surface area contributed by atoms with E-state index in [1.807, 2.05) is 0 Å². The van der Waals surface area contributed by atoms with E-state index in [0.29, 0.717) is 17.9 Å². The van der Waals surface area contributed by atoms with Gasteiger partial charge in [0.05, 0.1) is 6.61 Å². The van der Waals surface area contributed by atoms with Crippen LogP contribution in [-0.4, -0.2) is 37.7 Å². The van der Waals surface area contributed by atoms with E-state index in [0.717, 1.165) is 0 Å². The molecule has 1 aromatic rings. The van der Waals surface area contributed by atoms with Crippen LogP contribution in [0.4, 0.5) is 10.5 Å². The molecule has 0 spiro atoms. The van der Waals surface area contributed by atoms with Crippen LogP contribution in [0.15, 0.2) is 24.3 Å². The van der Waals surface area contributed by atoms with E-state index in [-0.39, 0.29) is 5.91 Å². The average Bonchev–Trinajstić information content (AvgIpc) is 2.29. The Kier molecular flexibility index (Phi) is 5.13. The summed E-state index contributed by atoms with van der Waals surface area (Å²) in [6, 6.07) is 6.53. The first kappa shape index (κ1) is 14.0. The van der Waals surface area contributed by atoms with Crippen LogP contribution >= 0.6 is 0 Å². The molecule has 6 nitrogen and oxygen atoms in total. The predicted octanol–water partition coefficient (Wildman–Crippen LogP) is 1.46. The number of amides is 2. The number of nitrogens with one attached hydrogen (secondary N) is 2. The van der Waals surface area contributed by atoms with Gasteiger partial charge < -0.3 is 4.74 Å². The van der Waals surface area contributed by atoms with Crippen LogP contribution in [0.5, 0.6) is 0 Å². The van der Waals surface area contributed by atoms with E-state index < -0.39 is 6.09 Å². The van der Waals surface area contributed by atoms with Gasteiger partial charge in [0.1, 0.15) is 0 Å². The summed E-state index contributed by atoms with van der Waals surface area (Å²) in [5, 5.41) is 4.11. The third-order valence-corrected chi connectivity index (χ3v) is 1.99. The number of rotatable bonds is 4. The first-order chi connectivity index (χ1) is 8.52. The summed E-state index contributed by atoms with van der Waals surface area (Å²) in [6.45, 7) is 2.05.